The third-order valence-corrected chi connectivity index (χ3v) is 6.63. The first-order valence-electron chi connectivity index (χ1n) is 15.3. The van der Waals surface area contributed by atoms with Crippen molar-refractivity contribution in [3.05, 3.63) is 71.4 Å². The predicted molar refractivity (Wildman–Crippen MR) is 175 cm³/mol. The summed E-state index contributed by atoms with van der Waals surface area (Å²) < 4.78 is 11.1. The van der Waals surface area contributed by atoms with Crippen molar-refractivity contribution in [3.63, 3.8) is 0 Å². The molecule has 45 heavy (non-hydrogen) atoms. The Kier molecular flexibility index (Phi) is 10.2. The topological polar surface area (TPSA) is 116 Å². The quantitative estimate of drug-likeness (QED) is 0.202. The number of nitrogens with one attached hydrogen (secondary N) is 2. The first kappa shape index (κ1) is 33.1. The Bertz CT molecular complexity index is 1680. The van der Waals surface area contributed by atoms with Gasteiger partial charge < -0.3 is 29.2 Å². The molecule has 2 heterocycles. The Morgan fingerprint density at radius 3 is 2.09 bits per heavy atom. The molecule has 4 rings (SSSR count). The van der Waals surface area contributed by atoms with E-state index in [1.807, 2.05) is 97.9 Å². The number of hydrogen-bond acceptors (Lipinski definition) is 6. The van der Waals surface area contributed by atoms with Crippen molar-refractivity contribution in [2.24, 2.45) is 0 Å². The number of fused-ring (bicyclic) bond motifs is 1. The Labute approximate surface area is 265 Å². The van der Waals surface area contributed by atoms with Crippen molar-refractivity contribution in [2.45, 2.75) is 86.1 Å². The van der Waals surface area contributed by atoms with E-state index in [0.717, 1.165) is 45.5 Å². The number of aromatic amines is 2. The van der Waals surface area contributed by atoms with Crippen LogP contribution < -0.4 is 0 Å². The molecule has 10 heteroatoms. The van der Waals surface area contributed by atoms with E-state index in [1.54, 1.807) is 16.1 Å². The SMILES string of the molecule is CCCN(Cc1nc2ccc(C#Cc3ccc(-c4nc[nH]c4CN(CC)C(=O)OC(C)(C)C)cc3)cc2[nH]1)C(=O)OC(C)(C)C. The van der Waals surface area contributed by atoms with Gasteiger partial charge in [-0.25, -0.2) is 19.6 Å². The zero-order chi connectivity index (χ0) is 32.8. The minimum absolute atomic E-state index is 0.333. The van der Waals surface area contributed by atoms with Gasteiger partial charge in [0.1, 0.15) is 17.0 Å². The number of carbonyl (C=O) groups excluding carboxylic acids is 2. The molecule has 0 saturated heterocycles. The minimum Gasteiger partial charge on any atom is -0.444 e. The molecule has 2 aromatic heterocycles. The van der Waals surface area contributed by atoms with Crippen LogP contribution in [0.3, 0.4) is 0 Å². The molecular weight excluding hydrogens is 568 g/mol. The van der Waals surface area contributed by atoms with Crippen molar-refractivity contribution in [2.75, 3.05) is 13.1 Å². The van der Waals surface area contributed by atoms with Crippen LogP contribution in [0.1, 0.15) is 84.5 Å². The lowest BCUT2D eigenvalue weighted by atomic mass is 10.1. The number of rotatable bonds is 8. The third-order valence-electron chi connectivity index (χ3n) is 6.63. The van der Waals surface area contributed by atoms with Crippen LogP contribution >= 0.6 is 0 Å². The van der Waals surface area contributed by atoms with Crippen LogP contribution in [-0.4, -0.2) is 66.2 Å². The monoisotopic (exact) mass is 612 g/mol. The zero-order valence-corrected chi connectivity index (χ0v) is 27.6. The lowest BCUT2D eigenvalue weighted by Crippen LogP contribution is -2.37. The molecule has 238 valence electrons. The van der Waals surface area contributed by atoms with Gasteiger partial charge in [-0.15, -0.1) is 0 Å². The van der Waals surface area contributed by atoms with E-state index in [1.165, 1.54) is 0 Å². The molecule has 0 spiro atoms. The zero-order valence-electron chi connectivity index (χ0n) is 27.6. The van der Waals surface area contributed by atoms with E-state index in [2.05, 4.69) is 31.8 Å². The molecule has 0 unspecified atom stereocenters. The van der Waals surface area contributed by atoms with Crippen molar-refractivity contribution in [3.8, 4) is 23.1 Å². The molecule has 2 aromatic carbocycles. The molecule has 2 N–H and O–H groups in total. The van der Waals surface area contributed by atoms with Gasteiger partial charge in [-0.3, -0.25) is 0 Å². The normalized spacial score (nSPS) is 11.6. The first-order chi connectivity index (χ1) is 21.2. The Hall–Kier alpha value is -4.78. The van der Waals surface area contributed by atoms with Crippen LogP contribution in [0, 0.1) is 11.8 Å². The van der Waals surface area contributed by atoms with E-state index in [0.29, 0.717) is 32.0 Å². The summed E-state index contributed by atoms with van der Waals surface area (Å²) in [6, 6.07) is 13.7. The second-order valence-electron chi connectivity index (χ2n) is 12.9. The largest absolute Gasteiger partial charge is 0.444 e. The highest BCUT2D eigenvalue weighted by molar-refractivity contribution is 5.77. The Morgan fingerprint density at radius 1 is 0.844 bits per heavy atom. The molecule has 0 aliphatic carbocycles. The molecule has 0 radical (unpaired) electrons. The lowest BCUT2D eigenvalue weighted by molar-refractivity contribution is 0.0224. The summed E-state index contributed by atoms with van der Waals surface area (Å²) in [6.07, 6.45) is 1.74. The highest BCUT2D eigenvalue weighted by Crippen LogP contribution is 2.23. The average Bonchev–Trinajstić information content (AvgIpc) is 3.59. The maximum absolute atomic E-state index is 12.7. The van der Waals surface area contributed by atoms with Gasteiger partial charge in [0, 0.05) is 29.8 Å². The second kappa shape index (κ2) is 13.9. The summed E-state index contributed by atoms with van der Waals surface area (Å²) in [6.45, 7) is 16.9. The molecule has 0 atom stereocenters. The number of aromatic nitrogens is 4. The van der Waals surface area contributed by atoms with Crippen molar-refractivity contribution in [1.82, 2.24) is 29.7 Å². The first-order valence-corrected chi connectivity index (χ1v) is 15.3. The standard InChI is InChI=1S/C35H44N6O4/c1-9-19-41(33(43)45-35(6,7)8)22-30-38-27-18-15-25(20-28(27)39-30)12-11-24-13-16-26(17-14-24)31-29(36-23-37-31)21-40(10-2)32(42)44-34(3,4)5/h13-18,20,23H,9-10,19,21-22H2,1-8H3,(H,36,37)(H,38,39). The smallest absolute Gasteiger partial charge is 0.410 e. The number of nitrogens with zero attached hydrogens (tertiary/aromatic N) is 4. The summed E-state index contributed by atoms with van der Waals surface area (Å²) in [7, 11) is 0. The van der Waals surface area contributed by atoms with Gasteiger partial charge in [-0.1, -0.05) is 30.9 Å². The maximum Gasteiger partial charge on any atom is 0.410 e. The maximum atomic E-state index is 12.7. The van der Waals surface area contributed by atoms with Crippen molar-refractivity contribution in [1.29, 1.82) is 0 Å². The summed E-state index contributed by atoms with van der Waals surface area (Å²) in [4.78, 5) is 44.3. The van der Waals surface area contributed by atoms with Crippen LogP contribution in [0.2, 0.25) is 0 Å². The summed E-state index contributed by atoms with van der Waals surface area (Å²) >= 11 is 0. The van der Waals surface area contributed by atoms with Crippen LogP contribution in [0.15, 0.2) is 48.8 Å². The molecular formula is C35H44N6O4. The molecule has 2 amide bonds. The summed E-state index contributed by atoms with van der Waals surface area (Å²) in [5, 5.41) is 0. The van der Waals surface area contributed by atoms with E-state index < -0.39 is 11.2 Å². The number of amides is 2. The highest BCUT2D eigenvalue weighted by Gasteiger charge is 2.24. The molecule has 0 aliphatic rings. The fraction of sp³-hybridized carbons (Fsp3) is 0.429. The van der Waals surface area contributed by atoms with Crippen LogP contribution in [0.5, 0.6) is 0 Å². The number of imidazole rings is 2. The Morgan fingerprint density at radius 2 is 1.47 bits per heavy atom. The number of carbonyl (C=O) groups is 2. The average molecular weight is 613 g/mol. The van der Waals surface area contributed by atoms with Crippen molar-refractivity contribution >= 4 is 23.2 Å². The number of ether oxygens (including phenoxy) is 2. The fourth-order valence-electron chi connectivity index (χ4n) is 4.60. The van der Waals surface area contributed by atoms with Gasteiger partial charge in [-0.05, 0) is 85.2 Å². The van der Waals surface area contributed by atoms with Crippen LogP contribution in [-0.2, 0) is 22.6 Å². The lowest BCUT2D eigenvalue weighted by Gasteiger charge is -2.26. The van der Waals surface area contributed by atoms with E-state index in [-0.39, 0.29) is 12.2 Å². The molecule has 0 saturated carbocycles. The highest BCUT2D eigenvalue weighted by atomic mass is 16.6. The second-order valence-corrected chi connectivity index (χ2v) is 12.9. The third kappa shape index (κ3) is 9.35. The number of H-pyrrole nitrogens is 2. The van der Waals surface area contributed by atoms with Crippen molar-refractivity contribution < 1.29 is 19.1 Å². The van der Waals surface area contributed by atoms with Crippen LogP contribution in [0.25, 0.3) is 22.3 Å². The Balaban J connectivity index is 1.45. The van der Waals surface area contributed by atoms with Crippen LogP contribution in [0.4, 0.5) is 9.59 Å². The predicted octanol–water partition coefficient (Wildman–Crippen LogP) is 7.26. The molecule has 0 fully saturated rings. The molecule has 0 bridgehead atoms. The van der Waals surface area contributed by atoms with E-state index in [9.17, 15) is 9.59 Å². The van der Waals surface area contributed by atoms with Gasteiger partial charge in [-0.2, -0.15) is 0 Å². The van der Waals surface area contributed by atoms with Gasteiger partial charge in [0.25, 0.3) is 0 Å². The van der Waals surface area contributed by atoms with E-state index in [4.69, 9.17) is 9.47 Å². The number of hydrogen-bond donors (Lipinski definition) is 2. The summed E-state index contributed by atoms with van der Waals surface area (Å²) in [5.41, 5.74) is 4.77. The molecule has 0 aliphatic heterocycles. The number of benzene rings is 2. The fourth-order valence-corrected chi connectivity index (χ4v) is 4.60. The van der Waals surface area contributed by atoms with Gasteiger partial charge in [0.15, 0.2) is 0 Å². The molecule has 10 nitrogen and oxygen atoms in total. The van der Waals surface area contributed by atoms with E-state index >= 15 is 0 Å². The summed E-state index contributed by atoms with van der Waals surface area (Å²) in [5.74, 6) is 7.16. The molecule has 4 aromatic rings. The van der Waals surface area contributed by atoms with Gasteiger partial charge in [0.2, 0.25) is 0 Å². The minimum atomic E-state index is -0.565. The van der Waals surface area contributed by atoms with Gasteiger partial charge in [0.05, 0.1) is 41.8 Å². The van der Waals surface area contributed by atoms with Gasteiger partial charge >= 0.3 is 12.2 Å².